The molecule has 1 aliphatic heterocycles. The minimum absolute atomic E-state index is 0.549. The Labute approximate surface area is 99.4 Å². The van der Waals surface area contributed by atoms with Crippen molar-refractivity contribution in [2.24, 2.45) is 18.7 Å². The maximum absolute atomic E-state index is 5.71. The highest BCUT2D eigenvalue weighted by atomic mass is 15.3. The number of rotatable bonds is 2. The summed E-state index contributed by atoms with van der Waals surface area (Å²) >= 11 is 0. The van der Waals surface area contributed by atoms with Crippen LogP contribution in [0.1, 0.15) is 12.2 Å². The Balaban J connectivity index is 1.96. The van der Waals surface area contributed by atoms with Crippen LogP contribution < -0.4 is 5.73 Å². The molecule has 1 unspecified atom stereocenters. The van der Waals surface area contributed by atoms with E-state index in [0.29, 0.717) is 5.92 Å². The lowest BCUT2D eigenvalue weighted by atomic mass is 9.98. The number of aromatic nitrogens is 5. The molecule has 90 valence electrons. The third kappa shape index (κ3) is 1.74. The van der Waals surface area contributed by atoms with Crippen LogP contribution in [0.15, 0.2) is 12.4 Å². The van der Waals surface area contributed by atoms with Crippen LogP contribution in [0, 0.1) is 5.92 Å². The maximum atomic E-state index is 5.71. The third-order valence-electron chi connectivity index (χ3n) is 3.36. The molecule has 0 aromatic carbocycles. The number of hydrogen-bond donors (Lipinski definition) is 1. The first-order valence-corrected chi connectivity index (χ1v) is 5.89. The summed E-state index contributed by atoms with van der Waals surface area (Å²) in [5.74, 6) is 2.52. The van der Waals surface area contributed by atoms with Gasteiger partial charge in [0.2, 0.25) is 0 Å². The van der Waals surface area contributed by atoms with Gasteiger partial charge in [-0.2, -0.15) is 5.10 Å². The van der Waals surface area contributed by atoms with Crippen LogP contribution in [0.3, 0.4) is 0 Å². The Morgan fingerprint density at radius 3 is 3.06 bits per heavy atom. The molecule has 0 aliphatic carbocycles. The zero-order valence-corrected chi connectivity index (χ0v) is 9.87. The van der Waals surface area contributed by atoms with Crippen molar-refractivity contribution in [3.8, 4) is 11.4 Å². The van der Waals surface area contributed by atoms with E-state index in [9.17, 15) is 0 Å². The Hall–Kier alpha value is -1.69. The van der Waals surface area contributed by atoms with Crippen LogP contribution in [-0.2, 0) is 20.0 Å². The van der Waals surface area contributed by atoms with E-state index in [-0.39, 0.29) is 0 Å². The SMILES string of the molecule is Cn1cc(-c2nnc3n2CCC(CN)C3)cn1. The van der Waals surface area contributed by atoms with Crippen LogP contribution >= 0.6 is 0 Å². The van der Waals surface area contributed by atoms with Gasteiger partial charge in [0.25, 0.3) is 0 Å². The van der Waals surface area contributed by atoms with Gasteiger partial charge < -0.3 is 10.3 Å². The van der Waals surface area contributed by atoms with Gasteiger partial charge in [-0.25, -0.2) is 0 Å². The number of aryl methyl sites for hydroxylation is 1. The first-order valence-electron chi connectivity index (χ1n) is 5.89. The second-order valence-corrected chi connectivity index (χ2v) is 4.59. The smallest absolute Gasteiger partial charge is 0.167 e. The first kappa shape index (κ1) is 10.5. The molecule has 2 aromatic rings. The summed E-state index contributed by atoms with van der Waals surface area (Å²) in [6.07, 6.45) is 5.83. The van der Waals surface area contributed by atoms with Crippen LogP contribution in [0.2, 0.25) is 0 Å². The number of fused-ring (bicyclic) bond motifs is 1. The van der Waals surface area contributed by atoms with E-state index in [2.05, 4.69) is 19.9 Å². The summed E-state index contributed by atoms with van der Waals surface area (Å²) in [6.45, 7) is 1.68. The molecule has 1 atom stereocenters. The minimum atomic E-state index is 0.549. The Morgan fingerprint density at radius 2 is 2.35 bits per heavy atom. The van der Waals surface area contributed by atoms with Crippen molar-refractivity contribution in [1.82, 2.24) is 24.5 Å². The van der Waals surface area contributed by atoms with Gasteiger partial charge in [0.05, 0.1) is 11.8 Å². The summed E-state index contributed by atoms with van der Waals surface area (Å²) in [5, 5.41) is 12.7. The van der Waals surface area contributed by atoms with E-state index in [1.807, 2.05) is 19.4 Å². The standard InChI is InChI=1S/C11H16N6/c1-16-7-9(6-13-16)11-15-14-10-4-8(5-12)2-3-17(10)11/h6-8H,2-5,12H2,1H3. The first-order chi connectivity index (χ1) is 8.28. The quantitative estimate of drug-likeness (QED) is 0.802. The maximum Gasteiger partial charge on any atom is 0.167 e. The largest absolute Gasteiger partial charge is 0.330 e. The van der Waals surface area contributed by atoms with Crippen molar-refractivity contribution in [2.75, 3.05) is 6.54 Å². The molecule has 0 saturated heterocycles. The average Bonchev–Trinajstić information content (AvgIpc) is 2.93. The van der Waals surface area contributed by atoms with E-state index in [1.165, 1.54) is 0 Å². The number of hydrogen-bond acceptors (Lipinski definition) is 4. The number of nitrogens with two attached hydrogens (primary N) is 1. The van der Waals surface area contributed by atoms with Crippen molar-refractivity contribution < 1.29 is 0 Å². The molecule has 2 N–H and O–H groups in total. The zero-order chi connectivity index (χ0) is 11.8. The van der Waals surface area contributed by atoms with Gasteiger partial charge in [-0.3, -0.25) is 4.68 Å². The molecule has 0 spiro atoms. The average molecular weight is 232 g/mol. The molecule has 3 heterocycles. The van der Waals surface area contributed by atoms with Crippen molar-refractivity contribution in [2.45, 2.75) is 19.4 Å². The molecule has 6 heteroatoms. The van der Waals surface area contributed by atoms with E-state index < -0.39 is 0 Å². The van der Waals surface area contributed by atoms with Crippen molar-refractivity contribution in [1.29, 1.82) is 0 Å². The molecule has 0 fully saturated rings. The van der Waals surface area contributed by atoms with E-state index in [0.717, 1.165) is 43.1 Å². The molecule has 0 saturated carbocycles. The fourth-order valence-corrected chi connectivity index (χ4v) is 2.34. The molecular weight excluding hydrogens is 216 g/mol. The minimum Gasteiger partial charge on any atom is -0.330 e. The van der Waals surface area contributed by atoms with Crippen molar-refractivity contribution in [3.63, 3.8) is 0 Å². The van der Waals surface area contributed by atoms with Crippen LogP contribution in [0.4, 0.5) is 0 Å². The normalized spacial score (nSPS) is 19.3. The monoisotopic (exact) mass is 232 g/mol. The summed E-state index contributed by atoms with van der Waals surface area (Å²) in [5.41, 5.74) is 6.74. The molecule has 17 heavy (non-hydrogen) atoms. The molecular formula is C11H16N6. The van der Waals surface area contributed by atoms with Gasteiger partial charge in [-0.05, 0) is 18.9 Å². The van der Waals surface area contributed by atoms with Crippen LogP contribution in [-0.4, -0.2) is 31.1 Å². The molecule has 3 rings (SSSR count). The fourth-order valence-electron chi connectivity index (χ4n) is 2.34. The van der Waals surface area contributed by atoms with Gasteiger partial charge in [0.15, 0.2) is 5.82 Å². The predicted molar refractivity (Wildman–Crippen MR) is 63.1 cm³/mol. The Morgan fingerprint density at radius 1 is 1.47 bits per heavy atom. The van der Waals surface area contributed by atoms with Gasteiger partial charge in [-0.15, -0.1) is 10.2 Å². The van der Waals surface area contributed by atoms with E-state index in [4.69, 9.17) is 5.73 Å². The number of nitrogens with zero attached hydrogens (tertiary/aromatic N) is 5. The Bertz CT molecular complexity index is 526. The topological polar surface area (TPSA) is 74.5 Å². The summed E-state index contributed by atoms with van der Waals surface area (Å²) in [6, 6.07) is 0. The molecule has 0 bridgehead atoms. The third-order valence-corrected chi connectivity index (χ3v) is 3.36. The van der Waals surface area contributed by atoms with Crippen LogP contribution in [0.5, 0.6) is 0 Å². The lowest BCUT2D eigenvalue weighted by molar-refractivity contribution is 0.391. The summed E-state index contributed by atoms with van der Waals surface area (Å²) in [7, 11) is 1.90. The zero-order valence-electron chi connectivity index (χ0n) is 9.87. The lowest BCUT2D eigenvalue weighted by Gasteiger charge is -2.21. The summed E-state index contributed by atoms with van der Waals surface area (Å²) in [4.78, 5) is 0. The second kappa shape index (κ2) is 3.96. The highest BCUT2D eigenvalue weighted by molar-refractivity contribution is 5.52. The molecule has 1 aliphatic rings. The Kier molecular flexibility index (Phi) is 2.44. The van der Waals surface area contributed by atoms with Gasteiger partial charge in [-0.1, -0.05) is 0 Å². The van der Waals surface area contributed by atoms with Gasteiger partial charge in [0.1, 0.15) is 5.82 Å². The van der Waals surface area contributed by atoms with Crippen molar-refractivity contribution in [3.05, 3.63) is 18.2 Å². The molecule has 0 radical (unpaired) electrons. The highest BCUT2D eigenvalue weighted by Crippen LogP contribution is 2.24. The second-order valence-electron chi connectivity index (χ2n) is 4.59. The van der Waals surface area contributed by atoms with Crippen LogP contribution in [0.25, 0.3) is 11.4 Å². The van der Waals surface area contributed by atoms with E-state index in [1.54, 1.807) is 4.68 Å². The lowest BCUT2D eigenvalue weighted by Crippen LogP contribution is -2.25. The fraction of sp³-hybridized carbons (Fsp3) is 0.545. The highest BCUT2D eigenvalue weighted by Gasteiger charge is 2.22. The predicted octanol–water partition coefficient (Wildman–Crippen LogP) is 0.200. The molecule has 0 amide bonds. The van der Waals surface area contributed by atoms with Crippen molar-refractivity contribution >= 4 is 0 Å². The molecule has 6 nitrogen and oxygen atoms in total. The molecule has 2 aromatic heterocycles. The van der Waals surface area contributed by atoms with Gasteiger partial charge in [0, 0.05) is 26.2 Å². The summed E-state index contributed by atoms with van der Waals surface area (Å²) < 4.78 is 3.96. The van der Waals surface area contributed by atoms with Gasteiger partial charge >= 0.3 is 0 Å². The van der Waals surface area contributed by atoms with E-state index >= 15 is 0 Å².